The number of ether oxygens (including phenoxy) is 1. The number of nitrogens with one attached hydrogen (secondary N) is 1. The monoisotopic (exact) mass is 327 g/mol. The van der Waals surface area contributed by atoms with E-state index in [1.807, 2.05) is 0 Å². The molecule has 0 aromatic carbocycles. The van der Waals surface area contributed by atoms with Crippen LogP contribution < -0.4 is 11.2 Å². The molecule has 3 heterocycles. The van der Waals surface area contributed by atoms with E-state index in [4.69, 9.17) is 9.84 Å². The molecule has 0 saturated carbocycles. The molecule has 0 amide bonds. The molecular formula is C15H22FN3O4. The summed E-state index contributed by atoms with van der Waals surface area (Å²) in [6.07, 6.45) is 1.80. The van der Waals surface area contributed by atoms with E-state index < -0.39 is 36.4 Å². The van der Waals surface area contributed by atoms with Crippen molar-refractivity contribution in [2.45, 2.75) is 50.7 Å². The number of halogens is 1. The first-order valence-electron chi connectivity index (χ1n) is 8.05. The van der Waals surface area contributed by atoms with Crippen molar-refractivity contribution in [1.82, 2.24) is 14.5 Å². The van der Waals surface area contributed by atoms with Crippen LogP contribution in [0.15, 0.2) is 15.8 Å². The number of aliphatic hydroxyl groups excluding tert-OH is 1. The van der Waals surface area contributed by atoms with Crippen molar-refractivity contribution in [1.29, 1.82) is 0 Å². The van der Waals surface area contributed by atoms with Crippen LogP contribution in [0.25, 0.3) is 0 Å². The molecule has 0 spiro atoms. The molecule has 128 valence electrons. The second-order valence-electron chi connectivity index (χ2n) is 6.22. The van der Waals surface area contributed by atoms with Crippen molar-refractivity contribution >= 4 is 0 Å². The van der Waals surface area contributed by atoms with E-state index in [1.165, 1.54) is 17.2 Å². The molecule has 7 nitrogen and oxygen atoms in total. The van der Waals surface area contributed by atoms with E-state index in [9.17, 15) is 14.0 Å². The highest BCUT2D eigenvalue weighted by molar-refractivity contribution is 5.05. The molecule has 1 aromatic rings. The number of aromatic nitrogens is 2. The molecule has 2 aliphatic heterocycles. The molecule has 2 saturated heterocycles. The van der Waals surface area contributed by atoms with Crippen LogP contribution in [0.2, 0.25) is 0 Å². The number of likely N-dealkylation sites (tertiary alicyclic amines) is 1. The minimum absolute atomic E-state index is 0.0136. The molecular weight excluding hydrogens is 305 g/mol. The normalized spacial score (nSPS) is 29.0. The van der Waals surface area contributed by atoms with Gasteiger partial charge in [-0.05, 0) is 25.9 Å². The van der Waals surface area contributed by atoms with Crippen LogP contribution in [0.5, 0.6) is 0 Å². The standard InChI is InChI=1S/C15H22FN3O4/c16-11-6-13(23-12(11)9-20)19-8-10(14(21)17-15(19)22)7-18-4-2-1-3-5-18/h8,11-13,20H,1-7,9H2,(H,17,21,22)/t11?,12-,13-/m1/s1. The molecule has 0 aliphatic carbocycles. The molecule has 0 radical (unpaired) electrons. The van der Waals surface area contributed by atoms with Crippen molar-refractivity contribution in [2.75, 3.05) is 19.7 Å². The van der Waals surface area contributed by atoms with Crippen molar-refractivity contribution in [3.05, 3.63) is 32.6 Å². The zero-order chi connectivity index (χ0) is 16.4. The summed E-state index contributed by atoms with van der Waals surface area (Å²) in [5.41, 5.74) is -0.559. The summed E-state index contributed by atoms with van der Waals surface area (Å²) >= 11 is 0. The second kappa shape index (κ2) is 6.94. The average molecular weight is 327 g/mol. The maximum Gasteiger partial charge on any atom is 0.330 e. The number of H-pyrrole nitrogens is 1. The SMILES string of the molecule is O=c1[nH]c(=O)n([C@H]2CC(F)[C@@H](CO)O2)cc1CN1CCCCC1. The summed E-state index contributed by atoms with van der Waals surface area (Å²) in [6, 6.07) is 0. The minimum atomic E-state index is -1.32. The van der Waals surface area contributed by atoms with Gasteiger partial charge >= 0.3 is 5.69 Å². The van der Waals surface area contributed by atoms with E-state index in [0.717, 1.165) is 25.9 Å². The largest absolute Gasteiger partial charge is 0.394 e. The van der Waals surface area contributed by atoms with Crippen molar-refractivity contribution in [2.24, 2.45) is 0 Å². The van der Waals surface area contributed by atoms with Crippen molar-refractivity contribution in [3.63, 3.8) is 0 Å². The van der Waals surface area contributed by atoms with Crippen LogP contribution in [0.1, 0.15) is 37.5 Å². The molecule has 2 aliphatic rings. The van der Waals surface area contributed by atoms with Crippen LogP contribution in [0.4, 0.5) is 4.39 Å². The van der Waals surface area contributed by atoms with Gasteiger partial charge in [0, 0.05) is 24.7 Å². The highest BCUT2D eigenvalue weighted by Gasteiger charge is 2.36. The molecule has 2 N–H and O–H groups in total. The summed E-state index contributed by atoms with van der Waals surface area (Å²) in [6.45, 7) is 1.89. The van der Waals surface area contributed by atoms with Gasteiger partial charge in [-0.15, -0.1) is 0 Å². The van der Waals surface area contributed by atoms with Crippen LogP contribution in [-0.2, 0) is 11.3 Å². The lowest BCUT2D eigenvalue weighted by Crippen LogP contribution is -2.37. The van der Waals surface area contributed by atoms with Crippen molar-refractivity contribution < 1.29 is 14.2 Å². The zero-order valence-electron chi connectivity index (χ0n) is 12.9. The maximum atomic E-state index is 13.7. The number of hydrogen-bond donors (Lipinski definition) is 2. The van der Waals surface area contributed by atoms with E-state index >= 15 is 0 Å². The highest BCUT2D eigenvalue weighted by atomic mass is 19.1. The van der Waals surface area contributed by atoms with E-state index in [1.54, 1.807) is 0 Å². The summed E-state index contributed by atoms with van der Waals surface area (Å²) < 4.78 is 20.3. The molecule has 23 heavy (non-hydrogen) atoms. The molecule has 0 bridgehead atoms. The molecule has 1 aromatic heterocycles. The van der Waals surface area contributed by atoms with Gasteiger partial charge in [0.05, 0.1) is 6.61 Å². The summed E-state index contributed by atoms with van der Waals surface area (Å²) in [4.78, 5) is 28.5. The quantitative estimate of drug-likeness (QED) is 0.821. The lowest BCUT2D eigenvalue weighted by Gasteiger charge is -2.26. The Hall–Kier alpha value is -1.51. The fraction of sp³-hybridized carbons (Fsp3) is 0.733. The van der Waals surface area contributed by atoms with Gasteiger partial charge in [-0.3, -0.25) is 19.2 Å². The summed E-state index contributed by atoms with van der Waals surface area (Å²) in [5, 5.41) is 9.07. The Bertz CT molecular complexity index is 653. The van der Waals surface area contributed by atoms with Gasteiger partial charge in [0.25, 0.3) is 5.56 Å². The molecule has 8 heteroatoms. The van der Waals surface area contributed by atoms with Gasteiger partial charge in [0.1, 0.15) is 18.5 Å². The Morgan fingerprint density at radius 3 is 2.70 bits per heavy atom. The highest BCUT2D eigenvalue weighted by Crippen LogP contribution is 2.29. The van der Waals surface area contributed by atoms with E-state index in [-0.39, 0.29) is 6.42 Å². The minimum Gasteiger partial charge on any atom is -0.394 e. The van der Waals surface area contributed by atoms with Gasteiger partial charge in [-0.2, -0.15) is 0 Å². The average Bonchev–Trinajstić information content (AvgIpc) is 2.91. The third kappa shape index (κ3) is 3.54. The smallest absolute Gasteiger partial charge is 0.330 e. The number of hydrogen-bond acceptors (Lipinski definition) is 5. The first-order chi connectivity index (χ1) is 11.1. The maximum absolute atomic E-state index is 13.7. The molecule has 2 fully saturated rings. The summed E-state index contributed by atoms with van der Waals surface area (Å²) in [5.74, 6) is 0. The van der Waals surface area contributed by atoms with Crippen LogP contribution >= 0.6 is 0 Å². The lowest BCUT2D eigenvalue weighted by molar-refractivity contribution is -0.0357. The fourth-order valence-electron chi connectivity index (χ4n) is 3.24. The van der Waals surface area contributed by atoms with Gasteiger partial charge < -0.3 is 9.84 Å². The first-order valence-corrected chi connectivity index (χ1v) is 8.05. The Kier molecular flexibility index (Phi) is 4.93. The number of aliphatic hydroxyl groups is 1. The Morgan fingerprint density at radius 2 is 2.04 bits per heavy atom. The van der Waals surface area contributed by atoms with Crippen molar-refractivity contribution in [3.8, 4) is 0 Å². The van der Waals surface area contributed by atoms with Crippen LogP contribution in [0, 0.1) is 0 Å². The van der Waals surface area contributed by atoms with Gasteiger partial charge in [0.15, 0.2) is 0 Å². The van der Waals surface area contributed by atoms with E-state index in [0.29, 0.717) is 12.1 Å². The lowest BCUT2D eigenvalue weighted by atomic mass is 10.1. The van der Waals surface area contributed by atoms with E-state index in [2.05, 4.69) is 9.88 Å². The number of alkyl halides is 1. The topological polar surface area (TPSA) is 87.6 Å². The van der Waals surface area contributed by atoms with Gasteiger partial charge in [0.2, 0.25) is 0 Å². The number of piperidine rings is 1. The van der Waals surface area contributed by atoms with Crippen LogP contribution in [0.3, 0.4) is 0 Å². The third-order valence-electron chi connectivity index (χ3n) is 4.54. The molecule has 3 atom stereocenters. The van der Waals surface area contributed by atoms with Gasteiger partial charge in [-0.1, -0.05) is 6.42 Å². The number of nitrogens with zero attached hydrogens (tertiary/aromatic N) is 2. The molecule has 1 unspecified atom stereocenters. The fourth-order valence-corrected chi connectivity index (χ4v) is 3.24. The van der Waals surface area contributed by atoms with Crippen LogP contribution in [-0.4, -0.2) is 51.5 Å². The number of aromatic amines is 1. The Morgan fingerprint density at radius 1 is 1.30 bits per heavy atom. The molecule has 3 rings (SSSR count). The Labute approximate surface area is 132 Å². The second-order valence-corrected chi connectivity index (χ2v) is 6.22. The number of rotatable bonds is 4. The third-order valence-corrected chi connectivity index (χ3v) is 4.54. The predicted molar refractivity (Wildman–Crippen MR) is 81.0 cm³/mol. The van der Waals surface area contributed by atoms with Gasteiger partial charge in [-0.25, -0.2) is 9.18 Å². The first kappa shape index (κ1) is 16.4. The summed E-state index contributed by atoms with van der Waals surface area (Å²) in [7, 11) is 0. The zero-order valence-corrected chi connectivity index (χ0v) is 12.9. The Balaban J connectivity index is 1.82. The predicted octanol–water partition coefficient (Wildman–Crippen LogP) is 0.140.